The third kappa shape index (κ3) is 4.35. The molecule has 0 fully saturated rings. The van der Waals surface area contributed by atoms with Crippen LogP contribution in [-0.4, -0.2) is 17.6 Å². The molecule has 1 aromatic carbocycles. The molecule has 2 rings (SSSR count). The number of ether oxygens (including phenoxy) is 2. The van der Waals surface area contributed by atoms with E-state index in [-0.39, 0.29) is 12.4 Å². The molecular formula is C15H17NO3S. The summed E-state index contributed by atoms with van der Waals surface area (Å²) in [7, 11) is 0. The van der Waals surface area contributed by atoms with Gasteiger partial charge in [-0.25, -0.2) is 4.98 Å². The molecule has 0 saturated carbocycles. The van der Waals surface area contributed by atoms with E-state index >= 15 is 0 Å². The molecule has 5 heteroatoms. The Balaban J connectivity index is 1.86. The predicted molar refractivity (Wildman–Crippen MR) is 78.0 cm³/mol. The number of nitrogens with zero attached hydrogens (tertiary/aromatic N) is 1. The first-order chi connectivity index (χ1) is 9.67. The summed E-state index contributed by atoms with van der Waals surface area (Å²) in [5.41, 5.74) is 1.93. The Morgan fingerprint density at radius 3 is 2.75 bits per heavy atom. The highest BCUT2D eigenvalue weighted by Gasteiger charge is 2.08. The van der Waals surface area contributed by atoms with Crippen molar-refractivity contribution in [2.75, 3.05) is 6.61 Å². The van der Waals surface area contributed by atoms with Gasteiger partial charge in [-0.2, -0.15) is 0 Å². The molecule has 1 heterocycles. The van der Waals surface area contributed by atoms with E-state index in [1.54, 1.807) is 6.92 Å². The lowest BCUT2D eigenvalue weighted by Crippen LogP contribution is -2.07. The molecule has 4 nitrogen and oxygen atoms in total. The van der Waals surface area contributed by atoms with Gasteiger partial charge in [0.25, 0.3) is 0 Å². The summed E-state index contributed by atoms with van der Waals surface area (Å²) in [4.78, 5) is 15.7. The molecule has 0 spiro atoms. The first-order valence-corrected chi connectivity index (χ1v) is 7.33. The van der Waals surface area contributed by atoms with Gasteiger partial charge in [-0.1, -0.05) is 17.7 Å². The third-order valence-corrected chi connectivity index (χ3v) is 3.48. The lowest BCUT2D eigenvalue weighted by molar-refractivity contribution is -0.142. The highest BCUT2D eigenvalue weighted by molar-refractivity contribution is 7.09. The van der Waals surface area contributed by atoms with Gasteiger partial charge in [-0.3, -0.25) is 4.79 Å². The highest BCUT2D eigenvalue weighted by atomic mass is 32.1. The molecule has 0 radical (unpaired) electrons. The number of aromatic nitrogens is 1. The van der Waals surface area contributed by atoms with Crippen molar-refractivity contribution < 1.29 is 14.3 Å². The SMILES string of the molecule is CCOC(=O)Cc1csc(COc2ccc(C)cc2)n1. The molecule has 0 atom stereocenters. The van der Waals surface area contributed by atoms with Crippen molar-refractivity contribution >= 4 is 17.3 Å². The zero-order valence-electron chi connectivity index (χ0n) is 11.6. The summed E-state index contributed by atoms with van der Waals surface area (Å²) in [6.45, 7) is 4.63. The average molecular weight is 291 g/mol. The lowest BCUT2D eigenvalue weighted by atomic mass is 10.2. The summed E-state index contributed by atoms with van der Waals surface area (Å²) in [5, 5.41) is 2.72. The van der Waals surface area contributed by atoms with Crippen LogP contribution in [0.1, 0.15) is 23.2 Å². The maximum atomic E-state index is 11.3. The van der Waals surface area contributed by atoms with E-state index in [1.165, 1.54) is 16.9 Å². The molecule has 2 aromatic rings. The fraction of sp³-hybridized carbons (Fsp3) is 0.333. The van der Waals surface area contributed by atoms with E-state index in [1.807, 2.05) is 36.6 Å². The first kappa shape index (κ1) is 14.5. The van der Waals surface area contributed by atoms with Crippen molar-refractivity contribution in [2.24, 2.45) is 0 Å². The molecule has 20 heavy (non-hydrogen) atoms. The molecular weight excluding hydrogens is 274 g/mol. The molecule has 0 bridgehead atoms. The van der Waals surface area contributed by atoms with E-state index in [4.69, 9.17) is 9.47 Å². The second kappa shape index (κ2) is 7.05. The number of esters is 1. The Morgan fingerprint density at radius 2 is 2.05 bits per heavy atom. The Labute approximate surface area is 122 Å². The molecule has 0 N–H and O–H groups in total. The number of hydrogen-bond acceptors (Lipinski definition) is 5. The van der Waals surface area contributed by atoms with Gasteiger partial charge < -0.3 is 9.47 Å². The van der Waals surface area contributed by atoms with Crippen molar-refractivity contribution in [2.45, 2.75) is 26.9 Å². The van der Waals surface area contributed by atoms with Crippen LogP contribution in [0, 0.1) is 6.92 Å². The molecule has 0 aliphatic carbocycles. The molecule has 106 valence electrons. The predicted octanol–water partition coefficient (Wildman–Crippen LogP) is 3.14. The fourth-order valence-corrected chi connectivity index (χ4v) is 2.34. The van der Waals surface area contributed by atoms with Gasteiger partial charge in [0, 0.05) is 5.38 Å². The molecule has 0 saturated heterocycles. The zero-order valence-corrected chi connectivity index (χ0v) is 12.4. The van der Waals surface area contributed by atoms with Crippen molar-refractivity contribution in [3.63, 3.8) is 0 Å². The van der Waals surface area contributed by atoms with Crippen LogP contribution in [0.5, 0.6) is 5.75 Å². The van der Waals surface area contributed by atoms with Gasteiger partial charge in [0.2, 0.25) is 0 Å². The monoisotopic (exact) mass is 291 g/mol. The van der Waals surface area contributed by atoms with Crippen LogP contribution in [0.3, 0.4) is 0 Å². The first-order valence-electron chi connectivity index (χ1n) is 6.45. The van der Waals surface area contributed by atoms with Gasteiger partial charge in [0.1, 0.15) is 17.4 Å². The smallest absolute Gasteiger partial charge is 0.311 e. The Hall–Kier alpha value is -1.88. The van der Waals surface area contributed by atoms with Gasteiger partial charge in [-0.05, 0) is 26.0 Å². The summed E-state index contributed by atoms with van der Waals surface area (Å²) in [6.07, 6.45) is 0.217. The summed E-state index contributed by atoms with van der Waals surface area (Å²) < 4.78 is 10.5. The topological polar surface area (TPSA) is 48.4 Å². The summed E-state index contributed by atoms with van der Waals surface area (Å²) >= 11 is 1.49. The molecule has 0 aliphatic rings. The number of thiazole rings is 1. The minimum Gasteiger partial charge on any atom is -0.486 e. The van der Waals surface area contributed by atoms with Crippen LogP contribution >= 0.6 is 11.3 Å². The van der Waals surface area contributed by atoms with Gasteiger partial charge in [0.05, 0.1) is 18.7 Å². The molecule has 0 aliphatic heterocycles. The van der Waals surface area contributed by atoms with Crippen LogP contribution in [-0.2, 0) is 22.6 Å². The lowest BCUT2D eigenvalue weighted by Gasteiger charge is -2.03. The van der Waals surface area contributed by atoms with E-state index in [9.17, 15) is 4.79 Å². The van der Waals surface area contributed by atoms with E-state index < -0.39 is 0 Å². The number of carbonyl (C=O) groups is 1. The third-order valence-electron chi connectivity index (χ3n) is 2.61. The highest BCUT2D eigenvalue weighted by Crippen LogP contribution is 2.16. The molecule has 1 aromatic heterocycles. The normalized spacial score (nSPS) is 10.3. The van der Waals surface area contributed by atoms with E-state index in [0.717, 1.165) is 16.5 Å². The number of rotatable bonds is 6. The van der Waals surface area contributed by atoms with Crippen LogP contribution in [0.25, 0.3) is 0 Å². The maximum Gasteiger partial charge on any atom is 0.311 e. The van der Waals surface area contributed by atoms with Crippen LogP contribution < -0.4 is 4.74 Å². The standard InChI is InChI=1S/C15H17NO3S/c1-3-18-15(17)8-12-10-20-14(16-12)9-19-13-6-4-11(2)5-7-13/h4-7,10H,3,8-9H2,1-2H3. The van der Waals surface area contributed by atoms with Gasteiger partial charge in [-0.15, -0.1) is 11.3 Å². The van der Waals surface area contributed by atoms with Crippen molar-refractivity contribution in [3.05, 3.63) is 45.9 Å². The van der Waals surface area contributed by atoms with Crippen molar-refractivity contribution in [1.82, 2.24) is 4.98 Å². The second-order valence-electron chi connectivity index (χ2n) is 4.32. The Kier molecular flexibility index (Phi) is 5.12. The summed E-state index contributed by atoms with van der Waals surface area (Å²) in [5.74, 6) is 0.571. The Morgan fingerprint density at radius 1 is 1.30 bits per heavy atom. The number of carbonyl (C=O) groups excluding carboxylic acids is 1. The Bertz CT molecular complexity index is 563. The van der Waals surface area contributed by atoms with Crippen LogP contribution in [0.4, 0.5) is 0 Å². The average Bonchev–Trinajstić information content (AvgIpc) is 2.86. The van der Waals surface area contributed by atoms with Gasteiger partial charge in [0.15, 0.2) is 0 Å². The number of benzene rings is 1. The quantitative estimate of drug-likeness (QED) is 0.767. The fourth-order valence-electron chi connectivity index (χ4n) is 1.64. The summed E-state index contributed by atoms with van der Waals surface area (Å²) in [6, 6.07) is 7.87. The van der Waals surface area contributed by atoms with Crippen molar-refractivity contribution in [3.8, 4) is 5.75 Å². The number of aryl methyl sites for hydroxylation is 1. The minimum absolute atomic E-state index is 0.217. The maximum absolute atomic E-state index is 11.3. The second-order valence-corrected chi connectivity index (χ2v) is 5.26. The van der Waals surface area contributed by atoms with Crippen molar-refractivity contribution in [1.29, 1.82) is 0 Å². The van der Waals surface area contributed by atoms with Crippen LogP contribution in [0.15, 0.2) is 29.6 Å². The number of hydrogen-bond donors (Lipinski definition) is 0. The minimum atomic E-state index is -0.246. The zero-order chi connectivity index (χ0) is 14.4. The van der Waals surface area contributed by atoms with E-state index in [2.05, 4.69) is 4.98 Å². The molecule has 0 amide bonds. The van der Waals surface area contributed by atoms with Gasteiger partial charge >= 0.3 is 5.97 Å². The molecule has 0 unspecified atom stereocenters. The largest absolute Gasteiger partial charge is 0.486 e. The van der Waals surface area contributed by atoms with Crippen LogP contribution in [0.2, 0.25) is 0 Å². The van der Waals surface area contributed by atoms with E-state index in [0.29, 0.717) is 13.2 Å².